The van der Waals surface area contributed by atoms with Gasteiger partial charge < -0.3 is 18.9 Å². The van der Waals surface area contributed by atoms with Crippen LogP contribution in [0.15, 0.2) is 12.2 Å². The molecule has 9 heteroatoms. The quantitative estimate of drug-likeness (QED) is 0.371. The van der Waals surface area contributed by atoms with E-state index in [1.54, 1.807) is 6.08 Å². The number of ether oxygens (including phenoxy) is 4. The average Bonchev–Trinajstić information content (AvgIpc) is 2.92. The van der Waals surface area contributed by atoms with E-state index in [2.05, 4.69) is 0 Å². The molecular weight excluding hydrogens is 360 g/mol. The summed E-state index contributed by atoms with van der Waals surface area (Å²) in [5, 5.41) is 0. The second kappa shape index (κ2) is 6.17. The highest BCUT2D eigenvalue weighted by Gasteiger charge is 2.82. The number of ketones is 1. The molecule has 9 nitrogen and oxygen atoms in total. The lowest BCUT2D eigenvalue weighted by Gasteiger charge is -2.51. The third kappa shape index (κ3) is 2.14. The Morgan fingerprint density at radius 2 is 1.63 bits per heavy atom. The standard InChI is InChI=1S/C18H20O9/c1-8(19)27-18-10(14(21)24-2)7-17(16(23)26-4)11(18)6-5-9(13(18)20)12(17)15(22)25-3/h5-6,9-12H,7H2,1-4H3/t9-,10?,11+,12-,17-,18+/m1/s1. The van der Waals surface area contributed by atoms with Crippen LogP contribution in [0.1, 0.15) is 13.3 Å². The van der Waals surface area contributed by atoms with Gasteiger partial charge in [-0.1, -0.05) is 12.2 Å². The lowest BCUT2D eigenvalue weighted by atomic mass is 9.51. The molecule has 0 heterocycles. The summed E-state index contributed by atoms with van der Waals surface area (Å²) >= 11 is 0. The molecule has 0 aliphatic heterocycles. The summed E-state index contributed by atoms with van der Waals surface area (Å²) in [5.74, 6) is -8.31. The Labute approximate surface area is 154 Å². The van der Waals surface area contributed by atoms with E-state index in [0.717, 1.165) is 28.3 Å². The first-order valence-electron chi connectivity index (χ1n) is 8.38. The van der Waals surface area contributed by atoms with Crippen molar-refractivity contribution in [2.75, 3.05) is 21.3 Å². The second-order valence-corrected chi connectivity index (χ2v) is 6.95. The number of carbonyl (C=O) groups is 5. The zero-order chi connectivity index (χ0) is 20.1. The normalized spacial score (nSPS) is 38.3. The lowest BCUT2D eigenvalue weighted by molar-refractivity contribution is -0.198. The fourth-order valence-electron chi connectivity index (χ4n) is 5.17. The highest BCUT2D eigenvalue weighted by molar-refractivity contribution is 6.07. The molecule has 6 atom stereocenters. The number of hydrogen-bond donors (Lipinski definition) is 0. The van der Waals surface area contributed by atoms with Crippen molar-refractivity contribution in [3.8, 4) is 0 Å². The van der Waals surface area contributed by atoms with Gasteiger partial charge in [-0.05, 0) is 6.42 Å². The van der Waals surface area contributed by atoms with Gasteiger partial charge in [0.1, 0.15) is 5.92 Å². The summed E-state index contributed by atoms with van der Waals surface area (Å²) < 4.78 is 20.0. The Morgan fingerprint density at radius 3 is 2.15 bits per heavy atom. The highest BCUT2D eigenvalue weighted by atomic mass is 16.6. The van der Waals surface area contributed by atoms with Crippen molar-refractivity contribution in [3.63, 3.8) is 0 Å². The van der Waals surface area contributed by atoms with Gasteiger partial charge in [-0.3, -0.25) is 24.0 Å². The molecule has 0 saturated heterocycles. The number of esters is 4. The molecule has 0 aromatic carbocycles. The molecule has 4 rings (SSSR count). The Hall–Kier alpha value is -2.71. The van der Waals surface area contributed by atoms with E-state index in [0.29, 0.717) is 0 Å². The van der Waals surface area contributed by atoms with Crippen LogP contribution in [0.2, 0.25) is 0 Å². The number of carbonyl (C=O) groups excluding carboxylic acids is 5. The minimum Gasteiger partial charge on any atom is -0.469 e. The summed E-state index contributed by atoms with van der Waals surface area (Å²) in [6, 6.07) is 0. The molecule has 4 bridgehead atoms. The van der Waals surface area contributed by atoms with Crippen molar-refractivity contribution in [1.29, 1.82) is 0 Å². The molecule has 0 aromatic rings. The molecule has 27 heavy (non-hydrogen) atoms. The van der Waals surface area contributed by atoms with E-state index in [1.807, 2.05) is 0 Å². The highest BCUT2D eigenvalue weighted by Crippen LogP contribution is 2.68. The van der Waals surface area contributed by atoms with Gasteiger partial charge in [0.2, 0.25) is 0 Å². The van der Waals surface area contributed by atoms with Gasteiger partial charge in [0.05, 0.1) is 38.6 Å². The van der Waals surface area contributed by atoms with Gasteiger partial charge >= 0.3 is 23.9 Å². The lowest BCUT2D eigenvalue weighted by Crippen LogP contribution is -2.67. The van der Waals surface area contributed by atoms with Crippen molar-refractivity contribution < 1.29 is 42.9 Å². The van der Waals surface area contributed by atoms with Crippen molar-refractivity contribution in [2.24, 2.45) is 29.1 Å². The van der Waals surface area contributed by atoms with E-state index in [-0.39, 0.29) is 6.42 Å². The molecule has 0 radical (unpaired) electrons. The van der Waals surface area contributed by atoms with E-state index >= 15 is 0 Å². The maximum Gasteiger partial charge on any atom is 0.313 e. The number of methoxy groups -OCH3 is 3. The van der Waals surface area contributed by atoms with Crippen LogP contribution >= 0.6 is 0 Å². The fourth-order valence-corrected chi connectivity index (χ4v) is 5.17. The van der Waals surface area contributed by atoms with Gasteiger partial charge in [0.25, 0.3) is 0 Å². The van der Waals surface area contributed by atoms with Gasteiger partial charge in [0.15, 0.2) is 11.4 Å². The summed E-state index contributed by atoms with van der Waals surface area (Å²) in [4.78, 5) is 63.1. The molecule has 0 aromatic heterocycles. The summed E-state index contributed by atoms with van der Waals surface area (Å²) in [5.41, 5.74) is -3.50. The minimum atomic E-state index is -1.92. The zero-order valence-corrected chi connectivity index (χ0v) is 15.3. The molecule has 0 N–H and O–H groups in total. The molecule has 4 aliphatic rings. The fraction of sp³-hybridized carbons (Fsp3) is 0.611. The first kappa shape index (κ1) is 19.1. The largest absolute Gasteiger partial charge is 0.469 e. The van der Waals surface area contributed by atoms with Crippen molar-refractivity contribution >= 4 is 29.7 Å². The number of rotatable bonds is 4. The Kier molecular flexibility index (Phi) is 4.36. The second-order valence-electron chi connectivity index (χ2n) is 6.95. The van der Waals surface area contributed by atoms with Gasteiger partial charge in [0, 0.05) is 12.8 Å². The smallest absolute Gasteiger partial charge is 0.313 e. The van der Waals surface area contributed by atoms with Crippen LogP contribution in [-0.4, -0.2) is 56.6 Å². The number of hydrogen-bond acceptors (Lipinski definition) is 9. The number of allylic oxidation sites excluding steroid dienone is 1. The zero-order valence-electron chi connectivity index (χ0n) is 15.3. The third-order valence-electron chi connectivity index (χ3n) is 6.01. The van der Waals surface area contributed by atoms with Crippen LogP contribution < -0.4 is 0 Å². The van der Waals surface area contributed by atoms with Crippen LogP contribution in [0.3, 0.4) is 0 Å². The molecule has 1 unspecified atom stereocenters. The van der Waals surface area contributed by atoms with Crippen LogP contribution in [0.5, 0.6) is 0 Å². The topological polar surface area (TPSA) is 122 Å². The van der Waals surface area contributed by atoms with Gasteiger partial charge in [-0.25, -0.2) is 0 Å². The van der Waals surface area contributed by atoms with Gasteiger partial charge in [-0.15, -0.1) is 0 Å². The Balaban J connectivity index is 2.31. The maximum atomic E-state index is 13.3. The molecule has 2 saturated carbocycles. The molecule has 0 amide bonds. The predicted molar refractivity (Wildman–Crippen MR) is 85.7 cm³/mol. The van der Waals surface area contributed by atoms with E-state index < -0.39 is 64.3 Å². The average molecular weight is 380 g/mol. The summed E-state index contributed by atoms with van der Waals surface area (Å²) in [6.07, 6.45) is 2.81. The third-order valence-corrected chi connectivity index (χ3v) is 6.01. The van der Waals surface area contributed by atoms with Gasteiger partial charge in [-0.2, -0.15) is 0 Å². The Morgan fingerprint density at radius 1 is 1.00 bits per heavy atom. The van der Waals surface area contributed by atoms with E-state index in [9.17, 15) is 24.0 Å². The number of Topliss-reactive ketones (excluding diaryl/α,β-unsaturated/α-hetero) is 1. The monoisotopic (exact) mass is 380 g/mol. The van der Waals surface area contributed by atoms with Crippen molar-refractivity contribution in [2.45, 2.75) is 18.9 Å². The SMILES string of the molecule is COC(=O)C1C[C@]2(C(=O)OC)[C@@H](C(=O)OC)[C@H]3C=C[C@@H]2[C@]1(OC(C)=O)C3=O. The predicted octanol–water partition coefficient (Wildman–Crippen LogP) is -0.185. The van der Waals surface area contributed by atoms with E-state index in [1.165, 1.54) is 6.08 Å². The first-order valence-corrected chi connectivity index (χ1v) is 8.38. The van der Waals surface area contributed by atoms with Crippen molar-refractivity contribution in [1.82, 2.24) is 0 Å². The van der Waals surface area contributed by atoms with Crippen LogP contribution in [0.4, 0.5) is 0 Å². The van der Waals surface area contributed by atoms with Crippen LogP contribution in [-0.2, 0) is 42.9 Å². The van der Waals surface area contributed by atoms with Crippen LogP contribution in [0.25, 0.3) is 0 Å². The minimum absolute atomic E-state index is 0.239. The Bertz CT molecular complexity index is 769. The molecule has 0 spiro atoms. The summed E-state index contributed by atoms with van der Waals surface area (Å²) in [6.45, 7) is 1.11. The van der Waals surface area contributed by atoms with E-state index in [4.69, 9.17) is 18.9 Å². The molecule has 2 fully saturated rings. The van der Waals surface area contributed by atoms with Crippen LogP contribution in [0, 0.1) is 29.1 Å². The summed E-state index contributed by atoms with van der Waals surface area (Å²) in [7, 11) is 3.43. The first-order chi connectivity index (χ1) is 12.7. The molecular formula is C18H20O9. The van der Waals surface area contributed by atoms with Crippen molar-refractivity contribution in [3.05, 3.63) is 12.2 Å². The molecule has 146 valence electrons. The molecule has 4 aliphatic carbocycles. The maximum absolute atomic E-state index is 13.3.